The summed E-state index contributed by atoms with van der Waals surface area (Å²) in [6, 6.07) is 5.65. The van der Waals surface area contributed by atoms with Gasteiger partial charge in [0.15, 0.2) is 0 Å². The first-order valence-corrected chi connectivity index (χ1v) is 9.55. The van der Waals surface area contributed by atoms with Crippen molar-refractivity contribution in [2.75, 3.05) is 38.1 Å². The highest BCUT2D eigenvalue weighted by molar-refractivity contribution is 7.89. The van der Waals surface area contributed by atoms with Crippen LogP contribution in [0.5, 0.6) is 0 Å². The lowest BCUT2D eigenvalue weighted by molar-refractivity contribution is 0.264. The number of hydrogen-bond acceptors (Lipinski definition) is 4. The number of likely N-dealkylation sites (N-methyl/N-ethyl adjacent to an activating group) is 1. The molecule has 2 saturated heterocycles. The third kappa shape index (κ3) is 2.01. The third-order valence-corrected chi connectivity index (χ3v) is 7.53. The van der Waals surface area contributed by atoms with Gasteiger partial charge in [0.25, 0.3) is 0 Å². The van der Waals surface area contributed by atoms with E-state index in [2.05, 4.69) is 10.2 Å². The fraction of sp³-hybridized carbons (Fsp3) is 0.625. The number of anilines is 1. The fourth-order valence-electron chi connectivity index (χ4n) is 4.25. The Kier molecular flexibility index (Phi) is 3.25. The van der Waals surface area contributed by atoms with Crippen molar-refractivity contribution in [3.05, 3.63) is 23.8 Å². The summed E-state index contributed by atoms with van der Waals surface area (Å²) < 4.78 is 28.1. The van der Waals surface area contributed by atoms with Gasteiger partial charge in [0.1, 0.15) is 0 Å². The van der Waals surface area contributed by atoms with E-state index in [1.807, 2.05) is 19.2 Å². The van der Waals surface area contributed by atoms with E-state index >= 15 is 0 Å². The van der Waals surface area contributed by atoms with Crippen LogP contribution in [-0.4, -0.2) is 51.5 Å². The molecule has 0 aliphatic carbocycles. The molecular weight excluding hydrogens is 298 g/mol. The van der Waals surface area contributed by atoms with Crippen LogP contribution < -0.4 is 10.2 Å². The maximum Gasteiger partial charge on any atom is 0.243 e. The normalized spacial score (nSPS) is 28.7. The van der Waals surface area contributed by atoms with Crippen molar-refractivity contribution in [1.29, 1.82) is 0 Å². The SMILES string of the molecule is CN1CCc2ccc(S(=O)(=O)N3CCCC34CCNC4)cc21. The molecule has 0 amide bonds. The van der Waals surface area contributed by atoms with E-state index in [9.17, 15) is 8.42 Å². The monoisotopic (exact) mass is 321 g/mol. The molecular formula is C16H23N3O2S. The Morgan fingerprint density at radius 1 is 1.23 bits per heavy atom. The molecule has 5 nitrogen and oxygen atoms in total. The van der Waals surface area contributed by atoms with Crippen LogP contribution in [0.2, 0.25) is 0 Å². The average molecular weight is 321 g/mol. The molecule has 6 heteroatoms. The zero-order valence-electron chi connectivity index (χ0n) is 13.0. The Morgan fingerprint density at radius 3 is 2.86 bits per heavy atom. The summed E-state index contributed by atoms with van der Waals surface area (Å²) in [6.07, 6.45) is 3.87. The topological polar surface area (TPSA) is 52.7 Å². The standard InChI is InChI=1S/C16H23N3O2S/c1-18-10-5-13-3-4-14(11-15(13)18)22(20,21)19-9-2-6-16(19)7-8-17-12-16/h3-4,11,17H,2,5-10,12H2,1H3. The molecule has 2 fully saturated rings. The van der Waals surface area contributed by atoms with Gasteiger partial charge in [-0.05, 0) is 49.9 Å². The van der Waals surface area contributed by atoms with E-state index in [1.165, 1.54) is 5.56 Å². The number of fused-ring (bicyclic) bond motifs is 1. The summed E-state index contributed by atoms with van der Waals surface area (Å²) in [5.41, 5.74) is 2.13. The number of benzene rings is 1. The molecule has 0 saturated carbocycles. The first kappa shape index (κ1) is 14.5. The molecule has 120 valence electrons. The molecule has 0 radical (unpaired) electrons. The Labute approximate surface area is 132 Å². The van der Waals surface area contributed by atoms with Crippen molar-refractivity contribution in [1.82, 2.24) is 9.62 Å². The molecule has 1 N–H and O–H groups in total. The van der Waals surface area contributed by atoms with Gasteiger partial charge in [-0.2, -0.15) is 4.31 Å². The van der Waals surface area contributed by atoms with Crippen LogP contribution in [-0.2, 0) is 16.4 Å². The molecule has 1 unspecified atom stereocenters. The molecule has 3 aliphatic rings. The lowest BCUT2D eigenvalue weighted by Gasteiger charge is -2.33. The van der Waals surface area contributed by atoms with Crippen LogP contribution >= 0.6 is 0 Å². The number of nitrogens with zero attached hydrogens (tertiary/aromatic N) is 2. The van der Waals surface area contributed by atoms with Gasteiger partial charge in [-0.1, -0.05) is 6.07 Å². The highest BCUT2D eigenvalue weighted by Crippen LogP contribution is 2.39. The minimum atomic E-state index is -3.41. The van der Waals surface area contributed by atoms with Gasteiger partial charge >= 0.3 is 0 Å². The van der Waals surface area contributed by atoms with Crippen LogP contribution in [0.3, 0.4) is 0 Å². The zero-order chi connectivity index (χ0) is 15.4. The van der Waals surface area contributed by atoms with Crippen LogP contribution in [0.4, 0.5) is 5.69 Å². The largest absolute Gasteiger partial charge is 0.374 e. The van der Waals surface area contributed by atoms with Crippen molar-refractivity contribution in [3.63, 3.8) is 0 Å². The highest BCUT2D eigenvalue weighted by Gasteiger charge is 2.49. The van der Waals surface area contributed by atoms with Crippen molar-refractivity contribution in [3.8, 4) is 0 Å². The minimum Gasteiger partial charge on any atom is -0.374 e. The average Bonchev–Trinajstić information content (AvgIpc) is 3.22. The van der Waals surface area contributed by atoms with Crippen molar-refractivity contribution in [2.45, 2.75) is 36.1 Å². The van der Waals surface area contributed by atoms with Crippen molar-refractivity contribution >= 4 is 15.7 Å². The molecule has 4 rings (SSSR count). The van der Waals surface area contributed by atoms with Gasteiger partial charge in [-0.3, -0.25) is 0 Å². The number of rotatable bonds is 2. The van der Waals surface area contributed by atoms with Gasteiger partial charge in [-0.25, -0.2) is 8.42 Å². The quantitative estimate of drug-likeness (QED) is 0.889. The molecule has 22 heavy (non-hydrogen) atoms. The van der Waals surface area contributed by atoms with E-state index in [4.69, 9.17) is 0 Å². The van der Waals surface area contributed by atoms with Gasteiger partial charge in [-0.15, -0.1) is 0 Å². The molecule has 1 aromatic rings. The van der Waals surface area contributed by atoms with Crippen LogP contribution in [0.15, 0.2) is 23.1 Å². The fourth-order valence-corrected chi connectivity index (χ4v) is 6.13. The lowest BCUT2D eigenvalue weighted by Crippen LogP contribution is -2.48. The van der Waals surface area contributed by atoms with Crippen molar-refractivity contribution in [2.24, 2.45) is 0 Å². The van der Waals surface area contributed by atoms with Crippen molar-refractivity contribution < 1.29 is 8.42 Å². The van der Waals surface area contributed by atoms with E-state index < -0.39 is 10.0 Å². The second-order valence-corrected chi connectivity index (χ2v) is 8.66. The Balaban J connectivity index is 1.74. The van der Waals surface area contributed by atoms with E-state index in [0.717, 1.165) is 51.0 Å². The molecule has 3 heterocycles. The highest BCUT2D eigenvalue weighted by atomic mass is 32.2. The summed E-state index contributed by atoms with van der Waals surface area (Å²) in [4.78, 5) is 2.60. The summed E-state index contributed by atoms with van der Waals surface area (Å²) >= 11 is 0. The molecule has 0 aromatic heterocycles. The predicted octanol–water partition coefficient (Wildman–Crippen LogP) is 1.20. The van der Waals surface area contributed by atoms with Gasteiger partial charge in [0.05, 0.1) is 4.90 Å². The van der Waals surface area contributed by atoms with Gasteiger partial charge in [0.2, 0.25) is 10.0 Å². The third-order valence-electron chi connectivity index (χ3n) is 5.53. The first-order chi connectivity index (χ1) is 10.5. The van der Waals surface area contributed by atoms with E-state index in [1.54, 1.807) is 10.4 Å². The molecule has 1 spiro atoms. The number of hydrogen-bond donors (Lipinski definition) is 1. The number of nitrogens with one attached hydrogen (secondary N) is 1. The molecule has 0 bridgehead atoms. The van der Waals surface area contributed by atoms with E-state index in [0.29, 0.717) is 11.4 Å². The maximum absolute atomic E-state index is 13.2. The Hall–Kier alpha value is -1.11. The Bertz CT molecular complexity index is 690. The Morgan fingerprint density at radius 2 is 2.09 bits per heavy atom. The van der Waals surface area contributed by atoms with Crippen LogP contribution in [0.25, 0.3) is 0 Å². The first-order valence-electron chi connectivity index (χ1n) is 8.11. The molecule has 3 aliphatic heterocycles. The number of sulfonamides is 1. The summed E-state index contributed by atoms with van der Waals surface area (Å²) in [5, 5.41) is 3.34. The second-order valence-electron chi connectivity index (χ2n) is 6.79. The molecule has 1 aromatic carbocycles. The second kappa shape index (κ2) is 4.94. The molecule has 1 atom stereocenters. The summed E-state index contributed by atoms with van der Waals surface area (Å²) in [6.45, 7) is 3.32. The lowest BCUT2D eigenvalue weighted by atomic mass is 9.97. The van der Waals surface area contributed by atoms with Gasteiger partial charge in [0, 0.05) is 37.9 Å². The zero-order valence-corrected chi connectivity index (χ0v) is 13.8. The minimum absolute atomic E-state index is 0.191. The maximum atomic E-state index is 13.2. The summed E-state index contributed by atoms with van der Waals surface area (Å²) in [7, 11) is -1.38. The van der Waals surface area contributed by atoms with Gasteiger partial charge < -0.3 is 10.2 Å². The predicted molar refractivity (Wildman–Crippen MR) is 86.8 cm³/mol. The van der Waals surface area contributed by atoms with E-state index in [-0.39, 0.29) is 5.54 Å². The van der Waals surface area contributed by atoms with Crippen LogP contribution in [0.1, 0.15) is 24.8 Å². The summed E-state index contributed by atoms with van der Waals surface area (Å²) in [5.74, 6) is 0. The smallest absolute Gasteiger partial charge is 0.243 e. The van der Waals surface area contributed by atoms with Crippen LogP contribution in [0, 0.1) is 0 Å².